The smallest absolute Gasteiger partial charge is 0.267 e. The Morgan fingerprint density at radius 2 is 1.74 bits per heavy atom. The molecule has 2 heterocycles. The fourth-order valence-corrected chi connectivity index (χ4v) is 4.56. The second-order valence-electron chi connectivity index (χ2n) is 9.81. The first kappa shape index (κ1) is 24.6. The molecule has 2 aromatic rings. The molecule has 0 spiro atoms. The predicted molar refractivity (Wildman–Crippen MR) is 137 cm³/mol. The zero-order valence-electron chi connectivity index (χ0n) is 20.8. The number of aryl methyl sites for hydroxylation is 1. The van der Waals surface area contributed by atoms with E-state index in [0.29, 0.717) is 5.88 Å². The van der Waals surface area contributed by atoms with Crippen LogP contribution < -0.4 is 4.74 Å². The van der Waals surface area contributed by atoms with Crippen molar-refractivity contribution in [1.82, 2.24) is 4.98 Å². The molecule has 184 valence electrons. The molecule has 0 bridgehead atoms. The maximum absolute atomic E-state index is 6.17. The molecule has 0 N–H and O–H groups in total. The molecule has 1 saturated carbocycles. The summed E-state index contributed by atoms with van der Waals surface area (Å²) in [7, 11) is 0. The van der Waals surface area contributed by atoms with E-state index in [-0.39, 0.29) is 0 Å². The number of nitrogens with zero attached hydrogens (tertiary/aromatic N) is 1. The van der Waals surface area contributed by atoms with Crippen LogP contribution in [0.3, 0.4) is 0 Å². The molecule has 1 unspecified atom stereocenters. The first-order chi connectivity index (χ1) is 16.8. The molecule has 0 amide bonds. The molecule has 1 atom stereocenters. The molecular weight excluding hydrogens is 422 g/mol. The van der Waals surface area contributed by atoms with Gasteiger partial charge in [-0.15, -0.1) is 0 Å². The Labute approximate surface area is 205 Å². The minimum absolute atomic E-state index is 0.391. The highest BCUT2D eigenvalue weighted by Gasteiger charge is 2.25. The predicted octanol–water partition coefficient (Wildman–Crippen LogP) is 8.38. The van der Waals surface area contributed by atoms with E-state index in [2.05, 4.69) is 36.2 Å². The Kier molecular flexibility index (Phi) is 9.71. The van der Waals surface area contributed by atoms with Crippen molar-refractivity contribution in [1.29, 1.82) is 0 Å². The van der Waals surface area contributed by atoms with Crippen molar-refractivity contribution in [2.45, 2.75) is 96.7 Å². The molecule has 1 aliphatic heterocycles. The highest BCUT2D eigenvalue weighted by molar-refractivity contribution is 5.59. The van der Waals surface area contributed by atoms with Crippen LogP contribution in [0.4, 0.5) is 0 Å². The van der Waals surface area contributed by atoms with Crippen LogP contribution in [0, 0.1) is 5.92 Å². The maximum Gasteiger partial charge on any atom is 0.267 e. The van der Waals surface area contributed by atoms with E-state index in [1.165, 1.54) is 76.2 Å². The third-order valence-electron chi connectivity index (χ3n) is 6.87. The Bertz CT molecular complexity index is 888. The van der Waals surface area contributed by atoms with Gasteiger partial charge in [-0.05, 0) is 36.8 Å². The summed E-state index contributed by atoms with van der Waals surface area (Å²) in [6, 6.07) is 12.4. The van der Waals surface area contributed by atoms with Crippen molar-refractivity contribution in [3.63, 3.8) is 0 Å². The van der Waals surface area contributed by atoms with Crippen LogP contribution in [0.25, 0.3) is 5.76 Å². The average molecular weight is 464 g/mol. The minimum Gasteiger partial charge on any atom is -0.478 e. The summed E-state index contributed by atoms with van der Waals surface area (Å²) in [6.07, 6.45) is 20.0. The lowest BCUT2D eigenvalue weighted by molar-refractivity contribution is -0.0177. The minimum atomic E-state index is -0.391. The summed E-state index contributed by atoms with van der Waals surface area (Å²) in [5.74, 6) is 2.44. The van der Waals surface area contributed by atoms with E-state index < -0.39 is 6.29 Å². The normalized spacial score (nSPS) is 17.2. The van der Waals surface area contributed by atoms with Gasteiger partial charge in [0.1, 0.15) is 6.26 Å². The molecule has 2 aliphatic rings. The zero-order chi connectivity index (χ0) is 23.4. The third kappa shape index (κ3) is 7.78. The van der Waals surface area contributed by atoms with Crippen LogP contribution in [0.2, 0.25) is 0 Å². The van der Waals surface area contributed by atoms with Gasteiger partial charge in [0, 0.05) is 23.4 Å². The highest BCUT2D eigenvalue weighted by Crippen LogP contribution is 2.36. The van der Waals surface area contributed by atoms with Crippen LogP contribution in [-0.4, -0.2) is 11.6 Å². The Balaban J connectivity index is 1.19. The fourth-order valence-electron chi connectivity index (χ4n) is 4.56. The van der Waals surface area contributed by atoms with E-state index in [1.807, 2.05) is 18.3 Å². The Morgan fingerprint density at radius 1 is 0.912 bits per heavy atom. The van der Waals surface area contributed by atoms with E-state index in [9.17, 15) is 0 Å². The van der Waals surface area contributed by atoms with Crippen molar-refractivity contribution in [2.75, 3.05) is 6.61 Å². The van der Waals surface area contributed by atoms with Gasteiger partial charge in [-0.25, -0.2) is 4.98 Å². The second kappa shape index (κ2) is 13.4. The number of aromatic nitrogens is 1. The van der Waals surface area contributed by atoms with Crippen molar-refractivity contribution >= 4 is 5.76 Å². The lowest BCUT2D eigenvalue weighted by Crippen LogP contribution is -2.04. The van der Waals surface area contributed by atoms with Crippen molar-refractivity contribution in [3.8, 4) is 5.88 Å². The van der Waals surface area contributed by atoms with Crippen LogP contribution in [-0.2, 0) is 15.9 Å². The summed E-state index contributed by atoms with van der Waals surface area (Å²) >= 11 is 0. The lowest BCUT2D eigenvalue weighted by atomic mass is 10.0. The number of unbranched alkanes of at least 4 members (excludes halogenated alkanes) is 7. The van der Waals surface area contributed by atoms with Gasteiger partial charge >= 0.3 is 0 Å². The first-order valence-electron chi connectivity index (χ1n) is 13.5. The SMILES string of the molecule is CCCCCCCc1ccccc1C1OC=C(c2ccc(OCCCCCCC3CC3)nc2)O1. The number of pyridine rings is 1. The highest BCUT2D eigenvalue weighted by atomic mass is 16.7. The standard InChI is InChI=1S/C30H41NO3/c1-2-3-4-5-9-14-25-15-10-11-16-27(25)30-33-23-28(34-30)26-19-20-29(31-22-26)32-21-12-7-6-8-13-24-17-18-24/h10-11,15-16,19-20,22-24,30H,2-9,12-14,17-18,21H2,1H3. The molecule has 1 aromatic carbocycles. The van der Waals surface area contributed by atoms with Gasteiger partial charge in [-0.2, -0.15) is 0 Å². The van der Waals surface area contributed by atoms with Gasteiger partial charge in [0.25, 0.3) is 6.29 Å². The summed E-state index contributed by atoms with van der Waals surface area (Å²) in [6.45, 7) is 2.98. The van der Waals surface area contributed by atoms with Gasteiger partial charge < -0.3 is 14.2 Å². The van der Waals surface area contributed by atoms with E-state index in [4.69, 9.17) is 14.2 Å². The Morgan fingerprint density at radius 3 is 2.56 bits per heavy atom. The van der Waals surface area contributed by atoms with E-state index in [1.54, 1.807) is 6.26 Å². The van der Waals surface area contributed by atoms with Crippen molar-refractivity contribution in [3.05, 3.63) is 65.5 Å². The molecule has 34 heavy (non-hydrogen) atoms. The summed E-state index contributed by atoms with van der Waals surface area (Å²) in [5, 5.41) is 0. The summed E-state index contributed by atoms with van der Waals surface area (Å²) < 4.78 is 17.9. The number of hydrogen-bond donors (Lipinski definition) is 0. The van der Waals surface area contributed by atoms with Crippen LogP contribution in [0.15, 0.2) is 48.9 Å². The molecule has 4 nitrogen and oxygen atoms in total. The van der Waals surface area contributed by atoms with Crippen LogP contribution in [0.5, 0.6) is 5.88 Å². The average Bonchev–Trinajstić information content (AvgIpc) is 3.57. The largest absolute Gasteiger partial charge is 0.478 e. The number of benzene rings is 1. The van der Waals surface area contributed by atoms with E-state index in [0.717, 1.165) is 42.3 Å². The van der Waals surface area contributed by atoms with Gasteiger partial charge in [-0.3, -0.25) is 0 Å². The summed E-state index contributed by atoms with van der Waals surface area (Å²) in [4.78, 5) is 4.47. The second-order valence-corrected chi connectivity index (χ2v) is 9.81. The van der Waals surface area contributed by atoms with Crippen molar-refractivity contribution < 1.29 is 14.2 Å². The van der Waals surface area contributed by atoms with Gasteiger partial charge in [0.2, 0.25) is 5.88 Å². The molecule has 4 rings (SSSR count). The molecule has 1 aliphatic carbocycles. The van der Waals surface area contributed by atoms with Gasteiger partial charge in [0.05, 0.1) is 6.61 Å². The molecule has 1 aromatic heterocycles. The Hall–Kier alpha value is -2.49. The van der Waals surface area contributed by atoms with Crippen LogP contribution in [0.1, 0.15) is 107 Å². The number of hydrogen-bond acceptors (Lipinski definition) is 4. The summed E-state index contributed by atoms with van der Waals surface area (Å²) in [5.41, 5.74) is 3.34. The van der Waals surface area contributed by atoms with Gasteiger partial charge in [-0.1, -0.05) is 95.4 Å². The zero-order valence-corrected chi connectivity index (χ0v) is 20.8. The first-order valence-corrected chi connectivity index (χ1v) is 13.5. The topological polar surface area (TPSA) is 40.6 Å². The van der Waals surface area contributed by atoms with Crippen LogP contribution >= 0.6 is 0 Å². The molecular formula is C30H41NO3. The molecule has 0 radical (unpaired) electrons. The quantitative estimate of drug-likeness (QED) is 0.234. The number of rotatable bonds is 16. The molecule has 0 saturated heterocycles. The third-order valence-corrected chi connectivity index (χ3v) is 6.87. The molecule has 4 heteroatoms. The maximum atomic E-state index is 6.17. The number of ether oxygens (including phenoxy) is 3. The monoisotopic (exact) mass is 463 g/mol. The van der Waals surface area contributed by atoms with Crippen molar-refractivity contribution in [2.24, 2.45) is 5.92 Å². The van der Waals surface area contributed by atoms with Gasteiger partial charge in [0.15, 0.2) is 5.76 Å². The fraction of sp³-hybridized carbons (Fsp3) is 0.567. The lowest BCUT2D eigenvalue weighted by Gasteiger charge is -2.16. The van der Waals surface area contributed by atoms with E-state index >= 15 is 0 Å². The molecule has 1 fully saturated rings.